The summed E-state index contributed by atoms with van der Waals surface area (Å²) in [6, 6.07) is 2.18. The number of aryl methyl sites for hydroxylation is 1. The summed E-state index contributed by atoms with van der Waals surface area (Å²) in [6.07, 6.45) is 4.88. The fourth-order valence-corrected chi connectivity index (χ4v) is 2.85. The maximum atomic E-state index is 4.25. The van der Waals surface area contributed by atoms with Gasteiger partial charge in [-0.2, -0.15) is 16.4 Å². The van der Waals surface area contributed by atoms with Crippen molar-refractivity contribution in [3.63, 3.8) is 0 Å². The topological polar surface area (TPSA) is 54.2 Å². The summed E-state index contributed by atoms with van der Waals surface area (Å²) in [7, 11) is 3.73. The fourth-order valence-electron chi connectivity index (χ4n) is 2.07. The van der Waals surface area contributed by atoms with Gasteiger partial charge in [-0.25, -0.2) is 0 Å². The lowest BCUT2D eigenvalue weighted by Crippen LogP contribution is -2.39. The van der Waals surface area contributed by atoms with E-state index >= 15 is 0 Å². The van der Waals surface area contributed by atoms with Crippen LogP contribution in [0.1, 0.15) is 24.0 Å². The van der Waals surface area contributed by atoms with Gasteiger partial charge in [0, 0.05) is 33.4 Å². The van der Waals surface area contributed by atoms with Crippen LogP contribution in [0.3, 0.4) is 0 Å². The minimum Gasteiger partial charge on any atom is -0.356 e. The van der Waals surface area contributed by atoms with E-state index in [4.69, 9.17) is 0 Å². The van der Waals surface area contributed by atoms with Crippen LogP contribution < -0.4 is 10.6 Å². The van der Waals surface area contributed by atoms with Crippen LogP contribution in [0.25, 0.3) is 0 Å². The molecule has 2 heterocycles. The van der Waals surface area contributed by atoms with Crippen molar-refractivity contribution in [1.82, 2.24) is 20.4 Å². The van der Waals surface area contributed by atoms with Crippen LogP contribution in [0, 0.1) is 0 Å². The van der Waals surface area contributed by atoms with E-state index < -0.39 is 0 Å². The molecule has 0 bridgehead atoms. The van der Waals surface area contributed by atoms with Crippen LogP contribution in [-0.2, 0) is 13.5 Å². The minimum atomic E-state index is 0. The predicted octanol–water partition coefficient (Wildman–Crippen LogP) is 2.61. The maximum Gasteiger partial charge on any atom is 0.191 e. The smallest absolute Gasteiger partial charge is 0.191 e. The number of nitrogens with zero attached hydrogens (tertiary/aromatic N) is 3. The Kier molecular flexibility index (Phi) is 8.47. The molecule has 0 aliphatic rings. The zero-order chi connectivity index (χ0) is 15.1. The zero-order valence-electron chi connectivity index (χ0n) is 13.2. The second-order valence-corrected chi connectivity index (χ2v) is 5.89. The molecule has 2 N–H and O–H groups in total. The van der Waals surface area contributed by atoms with Crippen LogP contribution >= 0.6 is 35.3 Å². The van der Waals surface area contributed by atoms with Gasteiger partial charge in [-0.05, 0) is 40.3 Å². The van der Waals surface area contributed by atoms with E-state index in [2.05, 4.69) is 44.5 Å². The molecule has 1 unspecified atom stereocenters. The maximum absolute atomic E-state index is 4.25. The molecule has 122 valence electrons. The highest BCUT2D eigenvalue weighted by Gasteiger charge is 2.06. The summed E-state index contributed by atoms with van der Waals surface area (Å²) in [6.45, 7) is 3.94. The molecule has 2 rings (SSSR count). The summed E-state index contributed by atoms with van der Waals surface area (Å²) in [5.41, 5.74) is 2.60. The Morgan fingerprint density at radius 3 is 2.86 bits per heavy atom. The Morgan fingerprint density at radius 2 is 2.27 bits per heavy atom. The first-order valence-corrected chi connectivity index (χ1v) is 8.07. The van der Waals surface area contributed by atoms with E-state index in [0.717, 1.165) is 25.5 Å². The molecule has 0 saturated heterocycles. The zero-order valence-corrected chi connectivity index (χ0v) is 16.4. The van der Waals surface area contributed by atoms with Crippen molar-refractivity contribution in [3.05, 3.63) is 40.3 Å². The molecular formula is C15H24IN5S. The molecule has 7 heteroatoms. The molecule has 0 aromatic carbocycles. The number of nitrogens with one attached hydrogen (secondary N) is 2. The van der Waals surface area contributed by atoms with Crippen molar-refractivity contribution >= 4 is 41.3 Å². The summed E-state index contributed by atoms with van der Waals surface area (Å²) < 4.78 is 1.82. The number of rotatable bonds is 6. The Morgan fingerprint density at radius 1 is 1.45 bits per heavy atom. The van der Waals surface area contributed by atoms with Gasteiger partial charge in [0.1, 0.15) is 0 Å². The van der Waals surface area contributed by atoms with Gasteiger partial charge in [-0.1, -0.05) is 6.92 Å². The van der Waals surface area contributed by atoms with Crippen LogP contribution in [0.2, 0.25) is 0 Å². The first kappa shape index (κ1) is 19.0. The molecule has 0 fully saturated rings. The summed E-state index contributed by atoms with van der Waals surface area (Å²) in [5.74, 6) is 1.33. The molecule has 0 aliphatic carbocycles. The molecule has 0 radical (unpaired) electrons. The van der Waals surface area contributed by atoms with E-state index in [1.807, 2.05) is 24.1 Å². The van der Waals surface area contributed by atoms with E-state index in [1.54, 1.807) is 18.4 Å². The van der Waals surface area contributed by atoms with Crippen LogP contribution in [0.4, 0.5) is 0 Å². The number of thiophene rings is 1. The van der Waals surface area contributed by atoms with Gasteiger partial charge in [-0.3, -0.25) is 9.67 Å². The molecule has 22 heavy (non-hydrogen) atoms. The average molecular weight is 433 g/mol. The molecule has 2 aromatic heterocycles. The predicted molar refractivity (Wildman–Crippen MR) is 104 cm³/mol. The second kappa shape index (κ2) is 9.83. The van der Waals surface area contributed by atoms with Crippen molar-refractivity contribution in [2.75, 3.05) is 20.1 Å². The lowest BCUT2D eigenvalue weighted by molar-refractivity contribution is 0.699. The van der Waals surface area contributed by atoms with E-state index in [0.29, 0.717) is 5.92 Å². The normalized spacial score (nSPS) is 12.6. The fraction of sp³-hybridized carbons (Fsp3) is 0.467. The molecule has 5 nitrogen and oxygen atoms in total. The second-order valence-electron chi connectivity index (χ2n) is 5.11. The molecular weight excluding hydrogens is 409 g/mol. The molecule has 2 aromatic rings. The molecule has 1 atom stereocenters. The van der Waals surface area contributed by atoms with Crippen LogP contribution in [0.5, 0.6) is 0 Å². The van der Waals surface area contributed by atoms with Crippen molar-refractivity contribution in [2.24, 2.45) is 12.0 Å². The minimum absolute atomic E-state index is 0. The number of hydrogen-bond acceptors (Lipinski definition) is 3. The molecule has 0 amide bonds. The first-order valence-electron chi connectivity index (χ1n) is 7.13. The lowest BCUT2D eigenvalue weighted by Gasteiger charge is -2.15. The Bertz CT molecular complexity index is 564. The highest BCUT2D eigenvalue weighted by molar-refractivity contribution is 14.0. The molecule has 0 aliphatic heterocycles. The third-order valence-electron chi connectivity index (χ3n) is 3.38. The van der Waals surface area contributed by atoms with Crippen LogP contribution in [-0.4, -0.2) is 35.9 Å². The summed E-state index contributed by atoms with van der Waals surface area (Å²) in [5, 5.41) is 15.2. The highest BCUT2D eigenvalue weighted by Crippen LogP contribution is 2.16. The number of hydrogen-bond donors (Lipinski definition) is 2. The van der Waals surface area contributed by atoms with Crippen LogP contribution in [0.15, 0.2) is 34.2 Å². The molecule has 0 spiro atoms. The third kappa shape index (κ3) is 5.96. The van der Waals surface area contributed by atoms with Gasteiger partial charge in [0.25, 0.3) is 0 Å². The number of aromatic nitrogens is 2. The van der Waals surface area contributed by atoms with Gasteiger partial charge < -0.3 is 10.6 Å². The largest absolute Gasteiger partial charge is 0.356 e. The van der Waals surface area contributed by atoms with E-state index in [1.165, 1.54) is 11.1 Å². The Balaban J connectivity index is 0.00000242. The molecule has 0 saturated carbocycles. The van der Waals surface area contributed by atoms with Gasteiger partial charge in [0.05, 0.1) is 6.20 Å². The third-order valence-corrected chi connectivity index (χ3v) is 4.08. The number of aliphatic imine (C=N–C) groups is 1. The van der Waals surface area contributed by atoms with Crippen molar-refractivity contribution < 1.29 is 0 Å². The monoisotopic (exact) mass is 433 g/mol. The highest BCUT2D eigenvalue weighted by atomic mass is 127. The number of halogens is 1. The van der Waals surface area contributed by atoms with Gasteiger partial charge in [0.15, 0.2) is 5.96 Å². The summed E-state index contributed by atoms with van der Waals surface area (Å²) >= 11 is 1.74. The standard InChI is InChI=1S/C15H23N5S.HI/c1-12(14-5-7-21-11-14)8-18-15(16-2)17-6-4-13-9-19-20(3)10-13;/h5,7,9-12H,4,6,8H2,1-3H3,(H2,16,17,18);1H. The van der Waals surface area contributed by atoms with Crippen molar-refractivity contribution in [3.8, 4) is 0 Å². The first-order chi connectivity index (χ1) is 10.2. The van der Waals surface area contributed by atoms with Crippen molar-refractivity contribution in [1.29, 1.82) is 0 Å². The lowest BCUT2D eigenvalue weighted by atomic mass is 10.1. The summed E-state index contributed by atoms with van der Waals surface area (Å²) in [4.78, 5) is 4.25. The van der Waals surface area contributed by atoms with E-state index in [9.17, 15) is 0 Å². The van der Waals surface area contributed by atoms with Crippen molar-refractivity contribution in [2.45, 2.75) is 19.3 Å². The number of guanidine groups is 1. The van der Waals surface area contributed by atoms with Gasteiger partial charge in [-0.15, -0.1) is 24.0 Å². The van der Waals surface area contributed by atoms with E-state index in [-0.39, 0.29) is 24.0 Å². The average Bonchev–Trinajstić information content (AvgIpc) is 3.14. The Labute approximate surface area is 153 Å². The van der Waals surface area contributed by atoms with Gasteiger partial charge >= 0.3 is 0 Å². The Hall–Kier alpha value is -1.09. The van der Waals surface area contributed by atoms with Gasteiger partial charge in [0.2, 0.25) is 0 Å². The quantitative estimate of drug-likeness (QED) is 0.419. The SMILES string of the molecule is CN=C(NCCc1cnn(C)c1)NCC(C)c1ccsc1.I.